The third-order valence-electron chi connectivity index (χ3n) is 3.04. The van der Waals surface area contributed by atoms with E-state index >= 15 is 0 Å². The molecule has 1 aromatic rings. The van der Waals surface area contributed by atoms with Gasteiger partial charge in [-0.2, -0.15) is 0 Å². The zero-order chi connectivity index (χ0) is 13.2. The van der Waals surface area contributed by atoms with Gasteiger partial charge in [-0.3, -0.25) is 0 Å². The van der Waals surface area contributed by atoms with Crippen LogP contribution < -0.4 is 5.32 Å². The Kier molecular flexibility index (Phi) is 7.64. The highest BCUT2D eigenvalue weighted by Crippen LogP contribution is 1.99. The van der Waals surface area contributed by atoms with Crippen molar-refractivity contribution in [3.05, 3.63) is 17.7 Å². The van der Waals surface area contributed by atoms with E-state index in [2.05, 4.69) is 34.0 Å². The summed E-state index contributed by atoms with van der Waals surface area (Å²) in [7, 11) is 1.71. The highest BCUT2D eigenvalue weighted by molar-refractivity contribution is 5.01. The molecule has 0 spiro atoms. The van der Waals surface area contributed by atoms with Crippen molar-refractivity contribution in [1.82, 2.24) is 20.2 Å². The Morgan fingerprint density at radius 1 is 1.39 bits per heavy atom. The summed E-state index contributed by atoms with van der Waals surface area (Å²) >= 11 is 0. The van der Waals surface area contributed by atoms with Gasteiger partial charge < -0.3 is 19.9 Å². The zero-order valence-electron chi connectivity index (χ0n) is 11.8. The van der Waals surface area contributed by atoms with Crippen LogP contribution in [0.15, 0.2) is 6.20 Å². The fourth-order valence-corrected chi connectivity index (χ4v) is 1.82. The predicted octanol–water partition coefficient (Wildman–Crippen LogP) is 1.03. The van der Waals surface area contributed by atoms with Crippen LogP contribution in [-0.2, 0) is 17.7 Å². The van der Waals surface area contributed by atoms with Crippen molar-refractivity contribution in [3.63, 3.8) is 0 Å². The summed E-state index contributed by atoms with van der Waals surface area (Å²) in [4.78, 5) is 10.2. The molecular weight excluding hydrogens is 228 g/mol. The van der Waals surface area contributed by atoms with Crippen molar-refractivity contribution in [2.24, 2.45) is 0 Å². The standard InChI is InChI=1S/C13H26N4O/c1-4-17(5-2)8-6-13-15-11-12(16-13)10-14-7-9-18-3/h11,14H,4-10H2,1-3H3,(H,15,16). The molecule has 0 bridgehead atoms. The van der Waals surface area contributed by atoms with E-state index < -0.39 is 0 Å². The van der Waals surface area contributed by atoms with Gasteiger partial charge in [0.25, 0.3) is 0 Å². The number of hydrogen-bond acceptors (Lipinski definition) is 4. The molecule has 0 amide bonds. The SMILES string of the molecule is CCN(CC)CCc1ncc(CNCCOC)[nH]1. The number of nitrogens with one attached hydrogen (secondary N) is 2. The van der Waals surface area contributed by atoms with Crippen LogP contribution in [-0.4, -0.2) is 54.8 Å². The normalized spacial score (nSPS) is 11.3. The van der Waals surface area contributed by atoms with E-state index in [1.807, 2.05) is 6.20 Å². The Labute approximate surface area is 110 Å². The molecule has 0 unspecified atom stereocenters. The van der Waals surface area contributed by atoms with Crippen molar-refractivity contribution in [1.29, 1.82) is 0 Å². The lowest BCUT2D eigenvalue weighted by atomic mass is 10.3. The van der Waals surface area contributed by atoms with Gasteiger partial charge in [0.1, 0.15) is 5.82 Å². The van der Waals surface area contributed by atoms with Gasteiger partial charge in [-0.05, 0) is 13.1 Å². The van der Waals surface area contributed by atoms with Crippen molar-refractivity contribution in [2.75, 3.05) is 39.9 Å². The van der Waals surface area contributed by atoms with Crippen LogP contribution in [0.2, 0.25) is 0 Å². The number of likely N-dealkylation sites (N-methyl/N-ethyl adjacent to an activating group) is 1. The quantitative estimate of drug-likeness (QED) is 0.612. The van der Waals surface area contributed by atoms with E-state index in [-0.39, 0.29) is 0 Å². The van der Waals surface area contributed by atoms with Crippen LogP contribution in [0, 0.1) is 0 Å². The molecule has 0 aromatic carbocycles. The minimum Gasteiger partial charge on any atom is -0.383 e. The van der Waals surface area contributed by atoms with Gasteiger partial charge in [0.2, 0.25) is 0 Å². The van der Waals surface area contributed by atoms with Crippen LogP contribution in [0.5, 0.6) is 0 Å². The molecule has 0 fully saturated rings. The smallest absolute Gasteiger partial charge is 0.107 e. The summed E-state index contributed by atoms with van der Waals surface area (Å²) in [6.07, 6.45) is 2.90. The van der Waals surface area contributed by atoms with E-state index in [0.717, 1.165) is 57.3 Å². The van der Waals surface area contributed by atoms with Gasteiger partial charge in [-0.1, -0.05) is 13.8 Å². The maximum absolute atomic E-state index is 4.98. The maximum atomic E-state index is 4.98. The van der Waals surface area contributed by atoms with Gasteiger partial charge in [-0.15, -0.1) is 0 Å². The third kappa shape index (κ3) is 5.62. The van der Waals surface area contributed by atoms with Crippen LogP contribution in [0.25, 0.3) is 0 Å². The number of ether oxygens (including phenoxy) is 1. The van der Waals surface area contributed by atoms with Crippen LogP contribution in [0.4, 0.5) is 0 Å². The molecule has 0 atom stereocenters. The topological polar surface area (TPSA) is 53.2 Å². The number of rotatable bonds is 10. The molecule has 0 saturated heterocycles. The van der Waals surface area contributed by atoms with Crippen molar-refractivity contribution in [3.8, 4) is 0 Å². The molecule has 2 N–H and O–H groups in total. The fraction of sp³-hybridized carbons (Fsp3) is 0.769. The number of nitrogens with zero attached hydrogens (tertiary/aromatic N) is 2. The van der Waals surface area contributed by atoms with Crippen molar-refractivity contribution < 1.29 is 4.74 Å². The maximum Gasteiger partial charge on any atom is 0.107 e. The first kappa shape index (κ1) is 15.1. The molecule has 1 heterocycles. The molecule has 0 saturated carbocycles. The van der Waals surface area contributed by atoms with Gasteiger partial charge in [0.15, 0.2) is 0 Å². The average Bonchev–Trinajstić information content (AvgIpc) is 2.84. The summed E-state index contributed by atoms with van der Waals surface area (Å²) in [5, 5.41) is 3.30. The van der Waals surface area contributed by atoms with Crippen LogP contribution in [0.1, 0.15) is 25.4 Å². The minimum absolute atomic E-state index is 0.739. The predicted molar refractivity (Wildman–Crippen MR) is 73.7 cm³/mol. The monoisotopic (exact) mass is 254 g/mol. The molecular formula is C13H26N4O. The molecule has 1 aromatic heterocycles. The van der Waals surface area contributed by atoms with Crippen molar-refractivity contribution >= 4 is 0 Å². The first-order valence-corrected chi connectivity index (χ1v) is 6.74. The summed E-state index contributed by atoms with van der Waals surface area (Å²) in [5.41, 5.74) is 1.14. The number of imidazole rings is 1. The highest BCUT2D eigenvalue weighted by Gasteiger charge is 2.03. The van der Waals surface area contributed by atoms with E-state index in [1.165, 1.54) is 0 Å². The molecule has 18 heavy (non-hydrogen) atoms. The number of H-pyrrole nitrogens is 1. The van der Waals surface area contributed by atoms with E-state index in [1.54, 1.807) is 7.11 Å². The zero-order valence-corrected chi connectivity index (χ0v) is 11.8. The summed E-state index contributed by atoms with van der Waals surface area (Å²) in [6, 6.07) is 0. The minimum atomic E-state index is 0.739. The van der Waals surface area contributed by atoms with Gasteiger partial charge >= 0.3 is 0 Å². The van der Waals surface area contributed by atoms with E-state index in [0.29, 0.717) is 0 Å². The number of hydrogen-bond donors (Lipinski definition) is 2. The molecule has 0 radical (unpaired) electrons. The number of aromatic nitrogens is 2. The first-order chi connectivity index (χ1) is 8.80. The van der Waals surface area contributed by atoms with Crippen LogP contribution in [0.3, 0.4) is 0 Å². The van der Waals surface area contributed by atoms with E-state index in [4.69, 9.17) is 4.74 Å². The fourth-order valence-electron chi connectivity index (χ4n) is 1.82. The summed E-state index contributed by atoms with van der Waals surface area (Å²) in [6.45, 7) is 10.1. The number of aromatic amines is 1. The van der Waals surface area contributed by atoms with Crippen LogP contribution >= 0.6 is 0 Å². The second-order valence-corrected chi connectivity index (χ2v) is 4.30. The highest BCUT2D eigenvalue weighted by atomic mass is 16.5. The lowest BCUT2D eigenvalue weighted by Crippen LogP contribution is -2.25. The molecule has 5 nitrogen and oxygen atoms in total. The van der Waals surface area contributed by atoms with Gasteiger partial charge in [0.05, 0.1) is 6.61 Å². The van der Waals surface area contributed by atoms with Gasteiger partial charge in [0, 0.05) is 45.1 Å². The van der Waals surface area contributed by atoms with Crippen molar-refractivity contribution in [2.45, 2.75) is 26.8 Å². The number of methoxy groups -OCH3 is 1. The largest absolute Gasteiger partial charge is 0.383 e. The summed E-state index contributed by atoms with van der Waals surface area (Å²) in [5.74, 6) is 1.07. The molecule has 5 heteroatoms. The molecule has 0 aliphatic carbocycles. The first-order valence-electron chi connectivity index (χ1n) is 6.74. The van der Waals surface area contributed by atoms with E-state index in [9.17, 15) is 0 Å². The Balaban J connectivity index is 2.25. The Morgan fingerprint density at radius 2 is 2.17 bits per heavy atom. The second-order valence-electron chi connectivity index (χ2n) is 4.30. The third-order valence-corrected chi connectivity index (χ3v) is 3.04. The molecule has 1 rings (SSSR count). The lowest BCUT2D eigenvalue weighted by molar-refractivity contribution is 0.199. The summed E-state index contributed by atoms with van der Waals surface area (Å²) < 4.78 is 4.98. The second kappa shape index (κ2) is 9.08. The average molecular weight is 254 g/mol. The Hall–Kier alpha value is -0.910. The molecule has 0 aliphatic heterocycles. The Morgan fingerprint density at radius 3 is 2.83 bits per heavy atom. The van der Waals surface area contributed by atoms with Gasteiger partial charge in [-0.25, -0.2) is 4.98 Å². The lowest BCUT2D eigenvalue weighted by Gasteiger charge is -2.16. The molecule has 0 aliphatic rings. The molecule has 104 valence electrons. The Bertz CT molecular complexity index is 310.